The van der Waals surface area contributed by atoms with Crippen molar-refractivity contribution in [2.45, 2.75) is 13.5 Å². The Hall–Kier alpha value is -3.93. The zero-order valence-electron chi connectivity index (χ0n) is 15.9. The molecule has 4 rings (SSSR count). The lowest BCUT2D eigenvalue weighted by Crippen LogP contribution is -2.23. The number of hydrogen-bond acceptors (Lipinski definition) is 5. The van der Waals surface area contributed by atoms with Crippen molar-refractivity contribution in [3.05, 3.63) is 102 Å². The standard InChI is InChI=1S/C23H20N4O2/c1-17-7-8-19(22(28)26-16-18-5-3-2-4-6-18)15-21(17)27(23-25-13-14-29-23)20-9-11-24-12-10-20/h2-15H,16H2,1H3,(H,26,28). The number of aryl methyl sites for hydroxylation is 1. The molecule has 0 spiro atoms. The van der Waals surface area contributed by atoms with E-state index in [4.69, 9.17) is 4.42 Å². The number of amides is 1. The topological polar surface area (TPSA) is 71.3 Å². The van der Waals surface area contributed by atoms with Crippen LogP contribution in [0.4, 0.5) is 17.4 Å². The highest BCUT2D eigenvalue weighted by molar-refractivity contribution is 5.96. The van der Waals surface area contributed by atoms with Crippen LogP contribution in [0.2, 0.25) is 0 Å². The minimum Gasteiger partial charge on any atom is -0.432 e. The molecule has 2 heterocycles. The van der Waals surface area contributed by atoms with Gasteiger partial charge < -0.3 is 9.73 Å². The Morgan fingerprint density at radius 1 is 1.03 bits per heavy atom. The molecule has 0 radical (unpaired) electrons. The number of nitrogens with zero attached hydrogens (tertiary/aromatic N) is 3. The van der Waals surface area contributed by atoms with E-state index in [9.17, 15) is 4.79 Å². The second-order valence-electron chi connectivity index (χ2n) is 6.53. The van der Waals surface area contributed by atoms with Crippen LogP contribution in [0.25, 0.3) is 0 Å². The number of oxazole rings is 1. The van der Waals surface area contributed by atoms with Gasteiger partial charge in [-0.3, -0.25) is 14.7 Å². The maximum atomic E-state index is 12.7. The summed E-state index contributed by atoms with van der Waals surface area (Å²) >= 11 is 0. The molecule has 0 fully saturated rings. The molecule has 4 aromatic rings. The molecule has 2 aromatic carbocycles. The lowest BCUT2D eigenvalue weighted by molar-refractivity contribution is 0.0951. The number of nitrogens with one attached hydrogen (secondary N) is 1. The number of hydrogen-bond donors (Lipinski definition) is 1. The Balaban J connectivity index is 1.65. The first-order chi connectivity index (χ1) is 14.2. The van der Waals surface area contributed by atoms with E-state index in [0.717, 1.165) is 22.5 Å². The number of pyridine rings is 1. The molecule has 2 aromatic heterocycles. The molecule has 6 nitrogen and oxygen atoms in total. The summed E-state index contributed by atoms with van der Waals surface area (Å²) in [5.74, 6) is -0.141. The molecule has 0 atom stereocenters. The molecule has 0 aliphatic heterocycles. The van der Waals surface area contributed by atoms with Crippen LogP contribution in [0.5, 0.6) is 0 Å². The van der Waals surface area contributed by atoms with Crippen LogP contribution in [-0.4, -0.2) is 15.9 Å². The van der Waals surface area contributed by atoms with E-state index in [1.54, 1.807) is 18.6 Å². The zero-order valence-corrected chi connectivity index (χ0v) is 15.9. The summed E-state index contributed by atoms with van der Waals surface area (Å²) in [6.45, 7) is 2.45. The average molecular weight is 384 g/mol. The van der Waals surface area contributed by atoms with Crippen molar-refractivity contribution in [1.29, 1.82) is 0 Å². The summed E-state index contributed by atoms with van der Waals surface area (Å²) in [5.41, 5.74) is 4.25. The van der Waals surface area contributed by atoms with Gasteiger partial charge in [0.05, 0.1) is 17.6 Å². The summed E-state index contributed by atoms with van der Waals surface area (Å²) in [6, 6.07) is 19.6. The minimum atomic E-state index is -0.141. The lowest BCUT2D eigenvalue weighted by atomic mass is 10.1. The smallest absolute Gasteiger partial charge is 0.306 e. The Morgan fingerprint density at radius 3 is 2.55 bits per heavy atom. The third-order valence-electron chi connectivity index (χ3n) is 4.54. The Labute approximate surface area is 168 Å². The maximum Gasteiger partial charge on any atom is 0.306 e. The number of aromatic nitrogens is 2. The molecule has 0 aliphatic carbocycles. The normalized spacial score (nSPS) is 10.5. The van der Waals surface area contributed by atoms with Crippen LogP contribution < -0.4 is 10.2 Å². The summed E-state index contributed by atoms with van der Waals surface area (Å²) < 4.78 is 5.56. The van der Waals surface area contributed by atoms with Gasteiger partial charge in [0.15, 0.2) is 0 Å². The first kappa shape index (κ1) is 18.4. The van der Waals surface area contributed by atoms with Gasteiger partial charge >= 0.3 is 6.01 Å². The molecular weight excluding hydrogens is 364 g/mol. The first-order valence-electron chi connectivity index (χ1n) is 9.25. The van der Waals surface area contributed by atoms with Crippen molar-refractivity contribution in [2.24, 2.45) is 0 Å². The molecule has 0 unspecified atom stereocenters. The molecule has 1 N–H and O–H groups in total. The summed E-state index contributed by atoms with van der Waals surface area (Å²) in [4.78, 5) is 23.0. The molecule has 0 bridgehead atoms. The van der Waals surface area contributed by atoms with Gasteiger partial charge in [-0.05, 0) is 42.3 Å². The molecular formula is C23H20N4O2. The van der Waals surface area contributed by atoms with E-state index in [-0.39, 0.29) is 5.91 Å². The number of anilines is 3. The SMILES string of the molecule is Cc1ccc(C(=O)NCc2ccccc2)cc1N(c1ccncc1)c1ncco1. The first-order valence-corrected chi connectivity index (χ1v) is 9.25. The van der Waals surface area contributed by atoms with E-state index >= 15 is 0 Å². The molecule has 0 aliphatic rings. The van der Waals surface area contributed by atoms with E-state index in [0.29, 0.717) is 18.1 Å². The van der Waals surface area contributed by atoms with Gasteiger partial charge in [0.1, 0.15) is 6.26 Å². The van der Waals surface area contributed by atoms with Crippen molar-refractivity contribution in [3.63, 3.8) is 0 Å². The van der Waals surface area contributed by atoms with E-state index < -0.39 is 0 Å². The van der Waals surface area contributed by atoms with Crippen molar-refractivity contribution in [1.82, 2.24) is 15.3 Å². The summed E-state index contributed by atoms with van der Waals surface area (Å²) in [7, 11) is 0. The number of benzene rings is 2. The fourth-order valence-electron chi connectivity index (χ4n) is 3.04. The molecule has 29 heavy (non-hydrogen) atoms. The van der Waals surface area contributed by atoms with Gasteiger partial charge in [-0.1, -0.05) is 36.4 Å². The summed E-state index contributed by atoms with van der Waals surface area (Å²) in [5, 5.41) is 2.97. The predicted octanol–water partition coefficient (Wildman–Crippen LogP) is 4.78. The number of rotatable bonds is 6. The third-order valence-corrected chi connectivity index (χ3v) is 4.54. The van der Waals surface area contributed by atoms with Crippen molar-refractivity contribution in [3.8, 4) is 0 Å². The lowest BCUT2D eigenvalue weighted by Gasteiger charge is -2.23. The minimum absolute atomic E-state index is 0.141. The van der Waals surface area contributed by atoms with Crippen molar-refractivity contribution >= 4 is 23.3 Å². The highest BCUT2D eigenvalue weighted by atomic mass is 16.4. The second kappa shape index (κ2) is 8.39. The van der Waals surface area contributed by atoms with Gasteiger partial charge in [0.2, 0.25) is 0 Å². The van der Waals surface area contributed by atoms with E-state index in [1.807, 2.05) is 72.5 Å². The molecule has 6 heteroatoms. The molecule has 0 saturated carbocycles. The van der Waals surface area contributed by atoms with Crippen LogP contribution in [0.15, 0.2) is 89.9 Å². The Bertz CT molecular complexity index is 1080. The van der Waals surface area contributed by atoms with Crippen LogP contribution in [0.3, 0.4) is 0 Å². The average Bonchev–Trinajstić information content (AvgIpc) is 3.29. The molecule has 144 valence electrons. The Morgan fingerprint density at radius 2 is 1.83 bits per heavy atom. The second-order valence-corrected chi connectivity index (χ2v) is 6.53. The van der Waals surface area contributed by atoms with Crippen LogP contribution in [0, 0.1) is 6.92 Å². The predicted molar refractivity (Wildman–Crippen MR) is 111 cm³/mol. The largest absolute Gasteiger partial charge is 0.432 e. The number of carbonyl (C=O) groups excluding carboxylic acids is 1. The highest BCUT2D eigenvalue weighted by Crippen LogP contribution is 2.35. The Kier molecular flexibility index (Phi) is 5.33. The zero-order chi connectivity index (χ0) is 20.1. The van der Waals surface area contributed by atoms with Crippen LogP contribution in [0.1, 0.15) is 21.5 Å². The van der Waals surface area contributed by atoms with E-state index in [1.165, 1.54) is 6.26 Å². The van der Waals surface area contributed by atoms with Crippen LogP contribution >= 0.6 is 0 Å². The quantitative estimate of drug-likeness (QED) is 0.518. The molecule has 0 saturated heterocycles. The fraction of sp³-hybridized carbons (Fsp3) is 0.0870. The summed E-state index contributed by atoms with van der Waals surface area (Å²) in [6.07, 6.45) is 6.53. The van der Waals surface area contributed by atoms with Gasteiger partial charge in [0.25, 0.3) is 5.91 Å². The van der Waals surface area contributed by atoms with Crippen molar-refractivity contribution in [2.75, 3.05) is 4.90 Å². The number of carbonyl (C=O) groups is 1. The van der Waals surface area contributed by atoms with Crippen LogP contribution in [-0.2, 0) is 6.54 Å². The fourth-order valence-corrected chi connectivity index (χ4v) is 3.04. The maximum absolute atomic E-state index is 12.7. The third kappa shape index (κ3) is 4.16. The van der Waals surface area contributed by atoms with E-state index in [2.05, 4.69) is 15.3 Å². The van der Waals surface area contributed by atoms with Gasteiger partial charge in [-0.25, -0.2) is 4.98 Å². The molecule has 1 amide bonds. The monoisotopic (exact) mass is 384 g/mol. The van der Waals surface area contributed by atoms with Crippen molar-refractivity contribution < 1.29 is 9.21 Å². The van der Waals surface area contributed by atoms with Gasteiger partial charge in [-0.2, -0.15) is 0 Å². The van der Waals surface area contributed by atoms with Gasteiger partial charge in [0, 0.05) is 24.5 Å². The van der Waals surface area contributed by atoms with Gasteiger partial charge in [-0.15, -0.1) is 0 Å². The highest BCUT2D eigenvalue weighted by Gasteiger charge is 2.20.